The van der Waals surface area contributed by atoms with Gasteiger partial charge >= 0.3 is 0 Å². The number of H-pyrrole nitrogens is 1. The van der Waals surface area contributed by atoms with Crippen molar-refractivity contribution in [2.75, 3.05) is 7.05 Å². The minimum Gasteiger partial charge on any atom is -0.359 e. The lowest BCUT2D eigenvalue weighted by Gasteiger charge is -2.19. The highest BCUT2D eigenvalue weighted by atomic mass is 16.1. The highest BCUT2D eigenvalue weighted by molar-refractivity contribution is 5.79. The molecule has 0 bridgehead atoms. The van der Waals surface area contributed by atoms with Gasteiger partial charge in [-0.05, 0) is 41.5 Å². The van der Waals surface area contributed by atoms with Gasteiger partial charge in [-0.15, -0.1) is 0 Å². The largest absolute Gasteiger partial charge is 0.359 e. The Kier molecular flexibility index (Phi) is 5.82. The van der Waals surface area contributed by atoms with Crippen molar-refractivity contribution < 1.29 is 4.79 Å². The molecule has 1 amide bonds. The lowest BCUT2D eigenvalue weighted by atomic mass is 9.87. The van der Waals surface area contributed by atoms with Gasteiger partial charge < -0.3 is 5.32 Å². The fraction of sp³-hybridized carbons (Fsp3) is 0.360. The average Bonchev–Trinajstić information content (AvgIpc) is 3.45. The number of benzene rings is 1. The van der Waals surface area contributed by atoms with E-state index >= 15 is 0 Å². The van der Waals surface area contributed by atoms with Crippen LogP contribution in [-0.4, -0.2) is 37.8 Å². The predicted molar refractivity (Wildman–Crippen MR) is 126 cm³/mol. The molecule has 0 saturated carbocycles. The summed E-state index contributed by atoms with van der Waals surface area (Å²) >= 11 is 0. The molecular weight excluding hydrogens is 400 g/mol. The molecule has 4 rings (SSSR count). The Morgan fingerprint density at radius 1 is 1.09 bits per heavy atom. The number of pyridine rings is 1. The van der Waals surface area contributed by atoms with Gasteiger partial charge in [-0.25, -0.2) is 9.50 Å². The molecule has 0 fully saturated rings. The van der Waals surface area contributed by atoms with Gasteiger partial charge in [-0.3, -0.25) is 9.89 Å². The molecule has 2 N–H and O–H groups in total. The molecule has 0 spiro atoms. The van der Waals surface area contributed by atoms with Gasteiger partial charge in [-0.1, -0.05) is 52.0 Å². The molecule has 1 unspecified atom stereocenters. The fourth-order valence-electron chi connectivity index (χ4n) is 4.27. The zero-order chi connectivity index (χ0) is 23.0. The summed E-state index contributed by atoms with van der Waals surface area (Å²) in [5.41, 5.74) is 8.26. The minimum atomic E-state index is -0.0919. The molecule has 0 radical (unpaired) electrons. The zero-order valence-corrected chi connectivity index (χ0v) is 19.5. The van der Waals surface area contributed by atoms with Crippen LogP contribution in [0.1, 0.15) is 56.2 Å². The van der Waals surface area contributed by atoms with Crippen molar-refractivity contribution in [1.29, 1.82) is 0 Å². The summed E-state index contributed by atoms with van der Waals surface area (Å²) in [6.45, 7) is 10.4. The van der Waals surface area contributed by atoms with Crippen molar-refractivity contribution in [3.8, 4) is 22.5 Å². The number of amides is 1. The molecule has 1 aromatic carbocycles. The molecule has 3 heterocycles. The van der Waals surface area contributed by atoms with Crippen molar-refractivity contribution in [1.82, 2.24) is 30.1 Å². The lowest BCUT2D eigenvalue weighted by molar-refractivity contribution is -0.124. The summed E-state index contributed by atoms with van der Waals surface area (Å²) < 4.78 is 1.80. The van der Waals surface area contributed by atoms with Crippen molar-refractivity contribution in [3.05, 3.63) is 59.5 Å². The second kappa shape index (κ2) is 8.57. The van der Waals surface area contributed by atoms with E-state index in [-0.39, 0.29) is 23.7 Å². The Hall–Kier alpha value is -3.48. The van der Waals surface area contributed by atoms with Crippen LogP contribution in [0.2, 0.25) is 0 Å². The van der Waals surface area contributed by atoms with Crippen LogP contribution in [0.4, 0.5) is 0 Å². The van der Waals surface area contributed by atoms with Crippen LogP contribution in [0.25, 0.3) is 28.2 Å². The average molecular weight is 431 g/mol. The molecule has 2 atom stereocenters. The van der Waals surface area contributed by atoms with Gasteiger partial charge in [0.05, 0.1) is 11.4 Å². The first-order chi connectivity index (χ1) is 15.3. The van der Waals surface area contributed by atoms with E-state index in [9.17, 15) is 4.79 Å². The molecule has 4 aromatic rings. The van der Waals surface area contributed by atoms with E-state index in [1.54, 1.807) is 17.9 Å². The summed E-state index contributed by atoms with van der Waals surface area (Å²) in [6, 6.07) is 10.5. The second-order valence-electron chi connectivity index (χ2n) is 8.77. The Morgan fingerprint density at radius 2 is 1.81 bits per heavy atom. The highest BCUT2D eigenvalue weighted by Gasteiger charge is 2.22. The quantitative estimate of drug-likeness (QED) is 0.464. The van der Waals surface area contributed by atoms with Gasteiger partial charge in [0.1, 0.15) is 6.33 Å². The maximum Gasteiger partial charge on any atom is 0.223 e. The van der Waals surface area contributed by atoms with Crippen LogP contribution in [-0.2, 0) is 4.79 Å². The maximum absolute atomic E-state index is 12.0. The molecule has 7 heteroatoms. The van der Waals surface area contributed by atoms with Crippen LogP contribution in [0.5, 0.6) is 0 Å². The summed E-state index contributed by atoms with van der Waals surface area (Å²) in [5, 5.41) is 15.0. The maximum atomic E-state index is 12.0. The summed E-state index contributed by atoms with van der Waals surface area (Å²) in [5.74, 6) is 0.368. The van der Waals surface area contributed by atoms with Crippen LogP contribution < -0.4 is 5.32 Å². The monoisotopic (exact) mass is 430 g/mol. The number of aromatic amines is 1. The van der Waals surface area contributed by atoms with E-state index in [0.717, 1.165) is 39.3 Å². The van der Waals surface area contributed by atoms with E-state index in [1.807, 2.05) is 20.0 Å². The molecule has 3 aromatic heterocycles. The number of hydrogen-bond donors (Lipinski definition) is 2. The van der Waals surface area contributed by atoms with Crippen LogP contribution in [0, 0.1) is 12.8 Å². The summed E-state index contributed by atoms with van der Waals surface area (Å²) in [7, 11) is 1.68. The summed E-state index contributed by atoms with van der Waals surface area (Å²) in [6.07, 6.45) is 3.55. The molecule has 166 valence electrons. The first kappa shape index (κ1) is 21.7. The van der Waals surface area contributed by atoms with Gasteiger partial charge in [0.25, 0.3) is 0 Å². The topological polar surface area (TPSA) is 88.0 Å². The number of fused-ring (bicyclic) bond motifs is 1. The lowest BCUT2D eigenvalue weighted by Crippen LogP contribution is -2.28. The second-order valence-corrected chi connectivity index (χ2v) is 8.77. The van der Waals surface area contributed by atoms with Crippen LogP contribution in [0.15, 0.2) is 42.9 Å². The molecule has 0 aliphatic carbocycles. The smallest absolute Gasteiger partial charge is 0.223 e. The number of aromatic nitrogens is 5. The SMILES string of the molecule is CNC(=O)C(C)[C@H](C)c1ccc(-c2[nH]nc(-c3cc(C)c4ncnn4c3)c2C(C)C)cc1. The predicted octanol–water partition coefficient (Wildman–Crippen LogP) is 4.70. The molecule has 0 aliphatic heterocycles. The molecule has 32 heavy (non-hydrogen) atoms. The highest BCUT2D eigenvalue weighted by Crippen LogP contribution is 2.36. The van der Waals surface area contributed by atoms with Crippen molar-refractivity contribution in [2.45, 2.75) is 46.5 Å². The number of hydrogen-bond acceptors (Lipinski definition) is 4. The van der Waals surface area contributed by atoms with E-state index in [1.165, 1.54) is 5.56 Å². The number of carbonyl (C=O) groups is 1. The van der Waals surface area contributed by atoms with Crippen molar-refractivity contribution >= 4 is 11.6 Å². The Labute approximate surface area is 188 Å². The van der Waals surface area contributed by atoms with E-state index in [0.29, 0.717) is 0 Å². The number of aryl methyl sites for hydroxylation is 1. The summed E-state index contributed by atoms with van der Waals surface area (Å²) in [4.78, 5) is 16.3. The van der Waals surface area contributed by atoms with E-state index in [4.69, 9.17) is 5.10 Å². The number of nitrogens with one attached hydrogen (secondary N) is 2. The van der Waals surface area contributed by atoms with Crippen LogP contribution >= 0.6 is 0 Å². The minimum absolute atomic E-state index is 0.0570. The third-order valence-electron chi connectivity index (χ3n) is 6.35. The van der Waals surface area contributed by atoms with Gasteiger partial charge in [0.2, 0.25) is 5.91 Å². The molecule has 7 nitrogen and oxygen atoms in total. The third-order valence-corrected chi connectivity index (χ3v) is 6.35. The number of carbonyl (C=O) groups excluding carboxylic acids is 1. The van der Waals surface area contributed by atoms with Gasteiger partial charge in [-0.2, -0.15) is 10.2 Å². The van der Waals surface area contributed by atoms with Crippen LogP contribution in [0.3, 0.4) is 0 Å². The number of nitrogens with zero attached hydrogens (tertiary/aromatic N) is 4. The van der Waals surface area contributed by atoms with E-state index in [2.05, 4.69) is 71.6 Å². The normalized spacial score (nSPS) is 13.5. The number of rotatable bonds is 6. The first-order valence-electron chi connectivity index (χ1n) is 11.0. The molecular formula is C25H30N6O. The zero-order valence-electron chi connectivity index (χ0n) is 19.5. The van der Waals surface area contributed by atoms with Crippen molar-refractivity contribution in [2.24, 2.45) is 5.92 Å². The van der Waals surface area contributed by atoms with E-state index < -0.39 is 0 Å². The first-order valence-corrected chi connectivity index (χ1v) is 11.0. The van der Waals surface area contributed by atoms with Crippen molar-refractivity contribution in [3.63, 3.8) is 0 Å². The third kappa shape index (κ3) is 3.79. The Bertz CT molecular complexity index is 1250. The van der Waals surface area contributed by atoms with Gasteiger partial charge in [0.15, 0.2) is 5.65 Å². The fourth-order valence-corrected chi connectivity index (χ4v) is 4.27. The molecule has 0 aliphatic rings. The Balaban J connectivity index is 1.72. The molecule has 0 saturated heterocycles. The Morgan fingerprint density at radius 3 is 2.47 bits per heavy atom. The standard InChI is InChI=1S/C25H30N6O/c1-14(2)21-22(19-9-7-18(8-10-19)16(4)17(5)25(32)26-6)29-30-23(21)20-11-15(3)24-27-13-28-31(24)12-20/h7-14,16-17H,1-6H3,(H,26,32)(H,29,30)/t16-,17?/m0/s1. The van der Waals surface area contributed by atoms with Gasteiger partial charge in [0, 0.05) is 30.3 Å².